The SMILES string of the molecule is CCCCCCCCc1ccc(-c2ccc(C(=O)Oc3ccc(CCCC)cc3F)cc2)nc1. The maximum Gasteiger partial charge on any atom is 0.343 e. The van der Waals surface area contributed by atoms with Gasteiger partial charge in [0.05, 0.1) is 11.3 Å². The van der Waals surface area contributed by atoms with Crippen molar-refractivity contribution in [3.05, 3.63) is 83.3 Å². The van der Waals surface area contributed by atoms with Crippen LogP contribution in [0.5, 0.6) is 5.75 Å². The van der Waals surface area contributed by atoms with Crippen molar-refractivity contribution in [2.75, 3.05) is 0 Å². The van der Waals surface area contributed by atoms with Crippen LogP contribution in [0, 0.1) is 5.82 Å². The molecule has 0 unspecified atom stereocenters. The number of aromatic nitrogens is 1. The summed E-state index contributed by atoms with van der Waals surface area (Å²) in [5.41, 5.74) is 4.32. The number of unbranched alkanes of at least 4 members (excludes halogenated alkanes) is 6. The van der Waals surface area contributed by atoms with Gasteiger partial charge >= 0.3 is 5.97 Å². The Morgan fingerprint density at radius 3 is 2.15 bits per heavy atom. The number of hydrogen-bond donors (Lipinski definition) is 0. The second kappa shape index (κ2) is 13.6. The molecular formula is C30H36FNO2. The van der Waals surface area contributed by atoms with E-state index in [2.05, 4.69) is 24.9 Å². The molecule has 0 spiro atoms. The number of hydrogen-bond acceptors (Lipinski definition) is 3. The van der Waals surface area contributed by atoms with Gasteiger partial charge < -0.3 is 4.74 Å². The Kier molecular flexibility index (Phi) is 10.3. The molecule has 0 aliphatic rings. The van der Waals surface area contributed by atoms with Crippen molar-refractivity contribution < 1.29 is 13.9 Å². The third-order valence-corrected chi connectivity index (χ3v) is 6.08. The number of esters is 1. The predicted octanol–water partition coefficient (Wildman–Crippen LogP) is 8.35. The predicted molar refractivity (Wildman–Crippen MR) is 137 cm³/mol. The van der Waals surface area contributed by atoms with Crippen molar-refractivity contribution >= 4 is 5.97 Å². The molecule has 180 valence electrons. The number of nitrogens with zero attached hydrogens (tertiary/aromatic N) is 1. The van der Waals surface area contributed by atoms with Crippen LogP contribution in [-0.4, -0.2) is 11.0 Å². The summed E-state index contributed by atoms with van der Waals surface area (Å²) in [7, 11) is 0. The molecule has 1 heterocycles. The summed E-state index contributed by atoms with van der Waals surface area (Å²) in [6.45, 7) is 4.34. The first-order valence-electron chi connectivity index (χ1n) is 12.7. The number of ether oxygens (including phenoxy) is 1. The van der Waals surface area contributed by atoms with Gasteiger partial charge in [0, 0.05) is 11.8 Å². The minimum absolute atomic E-state index is 0.0445. The highest BCUT2D eigenvalue weighted by atomic mass is 19.1. The molecule has 0 amide bonds. The molecule has 3 rings (SSSR count). The lowest BCUT2D eigenvalue weighted by molar-refractivity contribution is 0.0728. The fraction of sp³-hybridized carbons (Fsp3) is 0.400. The molecule has 0 aliphatic carbocycles. The van der Waals surface area contributed by atoms with Crippen molar-refractivity contribution in [2.45, 2.75) is 78.1 Å². The van der Waals surface area contributed by atoms with Crippen LogP contribution in [0.2, 0.25) is 0 Å². The Labute approximate surface area is 203 Å². The summed E-state index contributed by atoms with van der Waals surface area (Å²) < 4.78 is 19.6. The Morgan fingerprint density at radius 1 is 0.794 bits per heavy atom. The van der Waals surface area contributed by atoms with Crippen LogP contribution in [0.1, 0.15) is 86.7 Å². The van der Waals surface area contributed by atoms with Gasteiger partial charge in [0.15, 0.2) is 11.6 Å². The van der Waals surface area contributed by atoms with E-state index in [1.165, 1.54) is 56.2 Å². The molecule has 4 heteroatoms. The largest absolute Gasteiger partial charge is 0.420 e. The van der Waals surface area contributed by atoms with Crippen LogP contribution in [0.15, 0.2) is 60.8 Å². The lowest BCUT2D eigenvalue weighted by Gasteiger charge is -2.08. The smallest absolute Gasteiger partial charge is 0.343 e. The highest BCUT2D eigenvalue weighted by Gasteiger charge is 2.13. The Bertz CT molecular complexity index is 1030. The van der Waals surface area contributed by atoms with Crippen LogP contribution in [0.25, 0.3) is 11.3 Å². The summed E-state index contributed by atoms with van der Waals surface area (Å²) in [5, 5.41) is 0. The summed E-state index contributed by atoms with van der Waals surface area (Å²) >= 11 is 0. The maximum atomic E-state index is 14.3. The second-order valence-electron chi connectivity index (χ2n) is 8.90. The van der Waals surface area contributed by atoms with Gasteiger partial charge in [0.2, 0.25) is 0 Å². The van der Waals surface area contributed by atoms with Crippen molar-refractivity contribution in [2.24, 2.45) is 0 Å². The normalized spacial score (nSPS) is 10.9. The second-order valence-corrected chi connectivity index (χ2v) is 8.90. The zero-order chi connectivity index (χ0) is 24.2. The van der Waals surface area contributed by atoms with Crippen molar-refractivity contribution in [3.8, 4) is 17.0 Å². The van der Waals surface area contributed by atoms with Crippen molar-refractivity contribution in [3.63, 3.8) is 0 Å². The van der Waals surface area contributed by atoms with E-state index in [9.17, 15) is 9.18 Å². The van der Waals surface area contributed by atoms with Gasteiger partial charge in [-0.25, -0.2) is 9.18 Å². The minimum atomic E-state index is -0.575. The molecule has 34 heavy (non-hydrogen) atoms. The summed E-state index contributed by atoms with van der Waals surface area (Å²) in [4.78, 5) is 17.1. The van der Waals surface area contributed by atoms with E-state index in [4.69, 9.17) is 4.74 Å². The Balaban J connectivity index is 1.53. The first-order valence-corrected chi connectivity index (χ1v) is 12.7. The minimum Gasteiger partial charge on any atom is -0.420 e. The molecule has 0 bridgehead atoms. The number of aryl methyl sites for hydroxylation is 2. The number of pyridine rings is 1. The Morgan fingerprint density at radius 2 is 1.47 bits per heavy atom. The highest BCUT2D eigenvalue weighted by molar-refractivity contribution is 5.91. The van der Waals surface area contributed by atoms with E-state index >= 15 is 0 Å². The quantitative estimate of drug-likeness (QED) is 0.146. The Hall–Kier alpha value is -3.01. The highest BCUT2D eigenvalue weighted by Crippen LogP contribution is 2.23. The molecule has 0 aliphatic heterocycles. The molecule has 3 aromatic rings. The molecule has 0 atom stereocenters. The monoisotopic (exact) mass is 461 g/mol. The van der Waals surface area contributed by atoms with E-state index in [0.717, 1.165) is 42.5 Å². The third kappa shape index (κ3) is 7.79. The molecule has 1 aromatic heterocycles. The maximum absolute atomic E-state index is 14.3. The molecule has 0 radical (unpaired) electrons. The average Bonchev–Trinajstić information content (AvgIpc) is 2.87. The summed E-state index contributed by atoms with van der Waals surface area (Å²) in [5.74, 6) is -1.13. The van der Waals surface area contributed by atoms with E-state index in [-0.39, 0.29) is 5.75 Å². The molecule has 0 fully saturated rings. The number of rotatable bonds is 13. The standard InChI is InChI=1S/C30H36FNO2/c1-3-5-7-8-9-10-12-24-13-19-28(32-22-24)25-15-17-26(18-16-25)30(33)34-29-20-14-23(11-6-4-2)21-27(29)31/h13-22H,3-12H2,1-2H3. The van der Waals surface area contributed by atoms with Gasteiger partial charge in [0.1, 0.15) is 0 Å². The van der Waals surface area contributed by atoms with Crippen LogP contribution >= 0.6 is 0 Å². The van der Waals surface area contributed by atoms with Gasteiger partial charge in [-0.3, -0.25) is 4.98 Å². The zero-order valence-corrected chi connectivity index (χ0v) is 20.5. The average molecular weight is 462 g/mol. The van der Waals surface area contributed by atoms with Gasteiger partial charge in [-0.15, -0.1) is 0 Å². The molecule has 0 saturated carbocycles. The lowest BCUT2D eigenvalue weighted by atomic mass is 10.0. The zero-order valence-electron chi connectivity index (χ0n) is 20.5. The van der Waals surface area contributed by atoms with Crippen LogP contribution < -0.4 is 4.74 Å². The topological polar surface area (TPSA) is 39.2 Å². The first kappa shape index (κ1) is 25.6. The molecule has 0 N–H and O–H groups in total. The summed E-state index contributed by atoms with van der Waals surface area (Å²) in [6, 6.07) is 16.0. The first-order chi connectivity index (χ1) is 16.6. The number of benzene rings is 2. The van der Waals surface area contributed by atoms with Gasteiger partial charge in [-0.1, -0.05) is 76.6 Å². The van der Waals surface area contributed by atoms with E-state index in [1.54, 1.807) is 12.1 Å². The molecule has 3 nitrogen and oxygen atoms in total. The van der Waals surface area contributed by atoms with E-state index < -0.39 is 11.8 Å². The fourth-order valence-corrected chi connectivity index (χ4v) is 3.95. The fourth-order valence-electron chi connectivity index (χ4n) is 3.95. The van der Waals surface area contributed by atoms with E-state index in [0.29, 0.717) is 5.56 Å². The number of carbonyl (C=O) groups excluding carboxylic acids is 1. The lowest BCUT2D eigenvalue weighted by Crippen LogP contribution is -2.09. The van der Waals surface area contributed by atoms with Crippen LogP contribution in [0.3, 0.4) is 0 Å². The number of halogens is 1. The summed E-state index contributed by atoms with van der Waals surface area (Å²) in [6.07, 6.45) is 13.6. The molecule has 0 saturated heterocycles. The van der Waals surface area contributed by atoms with Crippen molar-refractivity contribution in [1.82, 2.24) is 4.98 Å². The third-order valence-electron chi connectivity index (χ3n) is 6.08. The van der Waals surface area contributed by atoms with Crippen LogP contribution in [-0.2, 0) is 12.8 Å². The van der Waals surface area contributed by atoms with E-state index in [1.807, 2.05) is 30.5 Å². The molecule has 2 aromatic carbocycles. The van der Waals surface area contributed by atoms with Gasteiger partial charge in [-0.05, 0) is 67.1 Å². The van der Waals surface area contributed by atoms with Gasteiger partial charge in [0.25, 0.3) is 0 Å². The number of carbonyl (C=O) groups is 1. The van der Waals surface area contributed by atoms with Crippen LogP contribution in [0.4, 0.5) is 4.39 Å². The van der Waals surface area contributed by atoms with Crippen molar-refractivity contribution in [1.29, 1.82) is 0 Å². The van der Waals surface area contributed by atoms with Gasteiger partial charge in [-0.2, -0.15) is 0 Å². The molecular weight excluding hydrogens is 425 g/mol.